The number of aryl methyl sites for hydroxylation is 1. The van der Waals surface area contributed by atoms with E-state index in [1.54, 1.807) is 34.1 Å². The molecule has 2 aromatic carbocycles. The molecule has 0 fully saturated rings. The quantitative estimate of drug-likeness (QED) is 0.449. The number of nitrogens with zero attached hydrogens (tertiary/aromatic N) is 2. The first-order chi connectivity index (χ1) is 19.2. The Balaban J connectivity index is 2.00. The molecule has 1 atom stereocenters. The van der Waals surface area contributed by atoms with E-state index in [1.807, 2.05) is 32.0 Å². The maximum absolute atomic E-state index is 15.0. The van der Waals surface area contributed by atoms with Gasteiger partial charge in [-0.1, -0.05) is 42.6 Å². The molecule has 0 radical (unpaired) electrons. The predicted octanol–water partition coefficient (Wildman–Crippen LogP) is 5.16. The molecule has 1 spiro atoms. The number of ether oxygens (including phenoxy) is 2. The number of carbonyl (C=O) groups excluding carboxylic acids is 4. The van der Waals surface area contributed by atoms with Gasteiger partial charge in [0.2, 0.25) is 0 Å². The van der Waals surface area contributed by atoms with Crippen molar-refractivity contribution < 1.29 is 28.7 Å². The summed E-state index contributed by atoms with van der Waals surface area (Å²) in [6.45, 7) is 4.35. The van der Waals surface area contributed by atoms with E-state index < -0.39 is 23.4 Å². The molecule has 1 amide bonds. The van der Waals surface area contributed by atoms with Gasteiger partial charge in [-0.2, -0.15) is 0 Å². The number of benzene rings is 2. The molecule has 8 nitrogen and oxygen atoms in total. The standard InChI is InChI=1S/C31H31ClN2O6/c1-5-6-16-33-22-15-10-18(2)17-21(22)31(30(33)38)27(29(37)40-4)26(28(36)39-3)25-23(8-7-9-24(25)35)34(31)20-13-11-19(32)12-14-20/h10-15,17H,5-9,16H2,1-4H3. The number of esters is 2. The van der Waals surface area contributed by atoms with Gasteiger partial charge < -0.3 is 19.3 Å². The third-order valence-electron chi connectivity index (χ3n) is 7.84. The Kier molecular flexibility index (Phi) is 7.31. The molecule has 2 aromatic rings. The van der Waals surface area contributed by atoms with Gasteiger partial charge in [-0.3, -0.25) is 9.59 Å². The highest BCUT2D eigenvalue weighted by Crippen LogP contribution is 2.57. The van der Waals surface area contributed by atoms with Crippen molar-refractivity contribution in [3.8, 4) is 0 Å². The fraction of sp³-hybridized carbons (Fsp3) is 0.355. The molecule has 40 heavy (non-hydrogen) atoms. The highest BCUT2D eigenvalue weighted by Gasteiger charge is 2.64. The van der Waals surface area contributed by atoms with Crippen molar-refractivity contribution in [3.05, 3.63) is 81.0 Å². The molecule has 0 saturated carbocycles. The maximum atomic E-state index is 15.0. The summed E-state index contributed by atoms with van der Waals surface area (Å²) in [5.74, 6) is -2.45. The van der Waals surface area contributed by atoms with Crippen LogP contribution in [0.4, 0.5) is 11.4 Å². The average molecular weight is 563 g/mol. The summed E-state index contributed by atoms with van der Waals surface area (Å²) in [6, 6.07) is 12.5. The van der Waals surface area contributed by atoms with Crippen molar-refractivity contribution in [3.63, 3.8) is 0 Å². The van der Waals surface area contributed by atoms with Crippen LogP contribution in [0.1, 0.15) is 50.2 Å². The Morgan fingerprint density at radius 2 is 1.70 bits per heavy atom. The van der Waals surface area contributed by atoms with Crippen LogP contribution in [-0.4, -0.2) is 44.4 Å². The molecule has 3 aliphatic rings. The van der Waals surface area contributed by atoms with E-state index >= 15 is 4.79 Å². The van der Waals surface area contributed by atoms with Crippen LogP contribution in [-0.2, 0) is 34.2 Å². The van der Waals surface area contributed by atoms with E-state index in [4.69, 9.17) is 21.1 Å². The van der Waals surface area contributed by atoms with E-state index in [1.165, 1.54) is 14.2 Å². The number of allylic oxidation sites excluding steroid dienone is 1. The summed E-state index contributed by atoms with van der Waals surface area (Å²) in [4.78, 5) is 59.4. The van der Waals surface area contributed by atoms with Gasteiger partial charge in [0.25, 0.3) is 5.91 Å². The smallest absolute Gasteiger partial charge is 0.339 e. The lowest BCUT2D eigenvalue weighted by Gasteiger charge is -2.48. The molecule has 1 aliphatic carbocycles. The van der Waals surface area contributed by atoms with Gasteiger partial charge in [0.1, 0.15) is 0 Å². The summed E-state index contributed by atoms with van der Waals surface area (Å²) in [7, 11) is 2.39. The van der Waals surface area contributed by atoms with E-state index in [9.17, 15) is 14.4 Å². The lowest BCUT2D eigenvalue weighted by atomic mass is 9.71. The van der Waals surface area contributed by atoms with Crippen molar-refractivity contribution in [2.75, 3.05) is 30.6 Å². The van der Waals surface area contributed by atoms with Gasteiger partial charge in [0.15, 0.2) is 11.3 Å². The second-order valence-electron chi connectivity index (χ2n) is 10.2. The van der Waals surface area contributed by atoms with Crippen molar-refractivity contribution in [2.24, 2.45) is 0 Å². The molecule has 9 heteroatoms. The van der Waals surface area contributed by atoms with Crippen LogP contribution in [0.5, 0.6) is 0 Å². The molecule has 5 rings (SSSR count). The molecule has 0 saturated heterocycles. The minimum atomic E-state index is -1.82. The topological polar surface area (TPSA) is 93.2 Å². The summed E-state index contributed by atoms with van der Waals surface area (Å²) < 4.78 is 10.4. The highest BCUT2D eigenvalue weighted by molar-refractivity contribution is 6.30. The molecule has 2 aliphatic heterocycles. The van der Waals surface area contributed by atoms with Crippen LogP contribution in [0, 0.1) is 6.92 Å². The Labute approximate surface area is 238 Å². The second kappa shape index (κ2) is 10.6. The van der Waals surface area contributed by atoms with Crippen molar-refractivity contribution >= 4 is 46.6 Å². The van der Waals surface area contributed by atoms with Crippen molar-refractivity contribution in [1.82, 2.24) is 0 Å². The first kappa shape index (κ1) is 27.6. The van der Waals surface area contributed by atoms with Crippen LogP contribution in [0.25, 0.3) is 0 Å². The number of hydrogen-bond donors (Lipinski definition) is 0. The maximum Gasteiger partial charge on any atom is 0.339 e. The van der Waals surface area contributed by atoms with Crippen LogP contribution in [0.15, 0.2) is 64.9 Å². The molecule has 0 aromatic heterocycles. The number of rotatable bonds is 6. The summed E-state index contributed by atoms with van der Waals surface area (Å²) in [5, 5.41) is 0.487. The summed E-state index contributed by atoms with van der Waals surface area (Å²) >= 11 is 6.25. The number of ketones is 1. The Morgan fingerprint density at radius 1 is 1.00 bits per heavy atom. The minimum absolute atomic E-state index is 0.0908. The summed E-state index contributed by atoms with van der Waals surface area (Å²) in [5.41, 5.74) is 0.917. The largest absolute Gasteiger partial charge is 0.466 e. The molecular weight excluding hydrogens is 532 g/mol. The molecule has 1 unspecified atom stereocenters. The third kappa shape index (κ3) is 3.96. The van der Waals surface area contributed by atoms with Gasteiger partial charge in [-0.15, -0.1) is 0 Å². The summed E-state index contributed by atoms with van der Waals surface area (Å²) in [6.07, 6.45) is 2.69. The number of anilines is 2. The Hall–Kier alpha value is -3.91. The lowest BCUT2D eigenvalue weighted by molar-refractivity contribution is -0.141. The number of Topliss-reactive ketones (excluding diaryl/α,β-unsaturated/α-hetero) is 1. The molecule has 2 heterocycles. The molecule has 0 bridgehead atoms. The van der Waals surface area contributed by atoms with E-state index in [2.05, 4.69) is 0 Å². The number of amides is 1. The molecule has 0 N–H and O–H groups in total. The van der Waals surface area contributed by atoms with Gasteiger partial charge in [0, 0.05) is 34.9 Å². The number of hydrogen-bond acceptors (Lipinski definition) is 7. The van der Waals surface area contributed by atoms with Gasteiger partial charge >= 0.3 is 11.9 Å². The van der Waals surface area contributed by atoms with E-state index in [0.717, 1.165) is 18.4 Å². The second-order valence-corrected chi connectivity index (χ2v) is 10.6. The zero-order chi connectivity index (χ0) is 28.8. The van der Waals surface area contributed by atoms with Gasteiger partial charge in [-0.25, -0.2) is 9.59 Å². The number of unbranched alkanes of at least 4 members (excludes halogenated alkanes) is 1. The van der Waals surface area contributed by atoms with Crippen LogP contribution in [0.3, 0.4) is 0 Å². The number of methoxy groups -OCH3 is 2. The average Bonchev–Trinajstić information content (AvgIpc) is 3.18. The van der Waals surface area contributed by atoms with E-state index in [-0.39, 0.29) is 28.9 Å². The van der Waals surface area contributed by atoms with Gasteiger partial charge in [-0.05, 0) is 56.5 Å². The third-order valence-corrected chi connectivity index (χ3v) is 8.09. The predicted molar refractivity (Wildman–Crippen MR) is 151 cm³/mol. The Bertz CT molecular complexity index is 1490. The van der Waals surface area contributed by atoms with Gasteiger partial charge in [0.05, 0.1) is 36.6 Å². The SMILES string of the molecule is CCCCN1C(=O)C2(C(C(=O)OC)=C(C(=O)OC)C3=C(CCCC3=O)N2c2ccc(Cl)cc2)c2cc(C)ccc21. The van der Waals surface area contributed by atoms with Crippen molar-refractivity contribution in [2.45, 2.75) is 51.5 Å². The van der Waals surface area contributed by atoms with Crippen molar-refractivity contribution in [1.29, 1.82) is 0 Å². The highest BCUT2D eigenvalue weighted by atomic mass is 35.5. The monoisotopic (exact) mass is 562 g/mol. The van der Waals surface area contributed by atoms with E-state index in [0.29, 0.717) is 47.0 Å². The van der Waals surface area contributed by atoms with Crippen LogP contribution >= 0.6 is 11.6 Å². The Morgan fingerprint density at radius 3 is 2.35 bits per heavy atom. The lowest BCUT2D eigenvalue weighted by Crippen LogP contribution is -2.59. The fourth-order valence-electron chi connectivity index (χ4n) is 6.14. The first-order valence-electron chi connectivity index (χ1n) is 13.4. The fourth-order valence-corrected chi connectivity index (χ4v) is 6.27. The van der Waals surface area contributed by atoms with Crippen LogP contribution < -0.4 is 9.80 Å². The zero-order valence-corrected chi connectivity index (χ0v) is 23.8. The number of halogens is 1. The number of fused-ring (bicyclic) bond motifs is 2. The first-order valence-corrected chi connectivity index (χ1v) is 13.8. The minimum Gasteiger partial charge on any atom is -0.466 e. The zero-order valence-electron chi connectivity index (χ0n) is 23.0. The normalized spacial score (nSPS) is 20.2. The van der Waals surface area contributed by atoms with Crippen LogP contribution in [0.2, 0.25) is 5.02 Å². The number of carbonyl (C=O) groups is 4. The molecule has 208 valence electrons. The molecular formula is C31H31ClN2O6.